The predicted molar refractivity (Wildman–Crippen MR) is 155 cm³/mol. The van der Waals surface area contributed by atoms with E-state index in [1.54, 1.807) is 24.3 Å². The summed E-state index contributed by atoms with van der Waals surface area (Å²) >= 11 is 0. The summed E-state index contributed by atoms with van der Waals surface area (Å²) in [4.78, 5) is 21.9. The first-order chi connectivity index (χ1) is 19.4. The number of carbonyl (C=O) groups is 2. The van der Waals surface area contributed by atoms with Gasteiger partial charge in [0.1, 0.15) is 36.2 Å². The minimum absolute atomic E-state index is 0.332. The number of benzene rings is 4. The first-order valence-electron chi connectivity index (χ1n) is 12.9. The number of fused-ring (bicyclic) bond motifs is 2. The Balaban J connectivity index is 0.000000161. The second-order valence-electron chi connectivity index (χ2n) is 9.24. The van der Waals surface area contributed by atoms with E-state index in [1.807, 2.05) is 48.5 Å². The smallest absolute Gasteiger partial charge is 0.308 e. The molecule has 4 aromatic rings. The van der Waals surface area contributed by atoms with Crippen molar-refractivity contribution in [3.63, 3.8) is 0 Å². The third kappa shape index (κ3) is 6.66. The van der Waals surface area contributed by atoms with Crippen molar-refractivity contribution in [2.24, 2.45) is 0 Å². The zero-order chi connectivity index (χ0) is 27.9. The normalized spacial score (nSPS) is 12.9. The number of hydrogen-bond acceptors (Lipinski definition) is 6. The van der Waals surface area contributed by atoms with E-state index in [0.717, 1.165) is 44.9 Å². The van der Waals surface area contributed by atoms with Crippen LogP contribution in [0.2, 0.25) is 0 Å². The van der Waals surface area contributed by atoms with E-state index in [9.17, 15) is 9.59 Å². The number of ether oxygens (including phenoxy) is 4. The van der Waals surface area contributed by atoms with Gasteiger partial charge in [-0.3, -0.25) is 9.59 Å². The fraction of sp³-hybridized carbons (Fsp3) is 0.118. The highest BCUT2D eigenvalue weighted by atomic mass is 16.5. The third-order valence-electron chi connectivity index (χ3n) is 6.21. The van der Waals surface area contributed by atoms with Crippen LogP contribution < -0.4 is 18.9 Å². The van der Waals surface area contributed by atoms with Crippen LogP contribution in [0.25, 0.3) is 23.3 Å². The van der Waals surface area contributed by atoms with Gasteiger partial charge in [-0.15, -0.1) is 0 Å². The maximum absolute atomic E-state index is 10.9. The number of rotatable bonds is 4. The van der Waals surface area contributed by atoms with Crippen LogP contribution in [0, 0.1) is 0 Å². The van der Waals surface area contributed by atoms with Crippen LogP contribution in [-0.4, -0.2) is 25.2 Å². The Hall–Kier alpha value is -5.10. The zero-order valence-electron chi connectivity index (χ0n) is 22.3. The molecule has 6 nitrogen and oxygen atoms in total. The summed E-state index contributed by atoms with van der Waals surface area (Å²) in [5.74, 6) is 1.83. The highest BCUT2D eigenvalue weighted by Crippen LogP contribution is 2.34. The molecule has 0 aromatic heterocycles. The van der Waals surface area contributed by atoms with Crippen LogP contribution in [0.15, 0.2) is 97.1 Å². The van der Waals surface area contributed by atoms with Crippen LogP contribution in [0.1, 0.15) is 36.1 Å². The van der Waals surface area contributed by atoms with E-state index in [-0.39, 0.29) is 11.9 Å². The maximum Gasteiger partial charge on any atom is 0.308 e. The van der Waals surface area contributed by atoms with Crippen molar-refractivity contribution in [1.82, 2.24) is 0 Å². The minimum atomic E-state index is -0.332. The molecule has 0 unspecified atom stereocenters. The molecule has 0 N–H and O–H groups in total. The molecule has 2 heterocycles. The second kappa shape index (κ2) is 12.2. The van der Waals surface area contributed by atoms with Gasteiger partial charge in [-0.2, -0.15) is 0 Å². The molecule has 0 atom stereocenters. The summed E-state index contributed by atoms with van der Waals surface area (Å²) < 4.78 is 21.6. The van der Waals surface area contributed by atoms with Crippen molar-refractivity contribution in [1.29, 1.82) is 0 Å². The van der Waals surface area contributed by atoms with Gasteiger partial charge >= 0.3 is 11.9 Å². The summed E-state index contributed by atoms with van der Waals surface area (Å²) in [6, 6.07) is 31.1. The van der Waals surface area contributed by atoms with E-state index in [0.29, 0.717) is 24.7 Å². The molecule has 0 aliphatic carbocycles. The average molecular weight is 533 g/mol. The van der Waals surface area contributed by atoms with Crippen LogP contribution in [0.5, 0.6) is 23.0 Å². The van der Waals surface area contributed by atoms with Crippen LogP contribution >= 0.6 is 0 Å². The summed E-state index contributed by atoms with van der Waals surface area (Å²) in [5.41, 5.74) is 6.57. The molecular formula is C34H28O6. The summed E-state index contributed by atoms with van der Waals surface area (Å²) in [6.07, 6.45) is 4.21. The molecule has 0 radical (unpaired) electrons. The molecule has 2 aliphatic heterocycles. The molecule has 200 valence electrons. The van der Waals surface area contributed by atoms with Gasteiger partial charge in [-0.05, 0) is 58.7 Å². The summed E-state index contributed by atoms with van der Waals surface area (Å²) in [7, 11) is 0. The van der Waals surface area contributed by atoms with Crippen LogP contribution in [0.4, 0.5) is 0 Å². The first-order valence-corrected chi connectivity index (χ1v) is 12.9. The Morgan fingerprint density at radius 3 is 1.35 bits per heavy atom. The van der Waals surface area contributed by atoms with Crippen molar-refractivity contribution in [2.75, 3.05) is 13.2 Å². The summed E-state index contributed by atoms with van der Waals surface area (Å²) in [5, 5.41) is 0. The standard InChI is InChI=1S/2C17H14O3/c2*1-12(18)20-16-8-7-14-9-15(11-19-17(14)10-16)13-5-3-2-4-6-13/h2*2-10H,11H2,1H3. The van der Waals surface area contributed by atoms with Gasteiger partial charge in [0.05, 0.1) is 0 Å². The molecule has 6 rings (SSSR count). The lowest BCUT2D eigenvalue weighted by atomic mass is 10.0. The van der Waals surface area contributed by atoms with Gasteiger partial charge in [0.15, 0.2) is 0 Å². The van der Waals surface area contributed by atoms with Crippen molar-refractivity contribution in [3.05, 3.63) is 119 Å². The largest absolute Gasteiger partial charge is 0.488 e. The Morgan fingerprint density at radius 2 is 0.975 bits per heavy atom. The molecule has 2 aliphatic rings. The molecule has 6 heteroatoms. The monoisotopic (exact) mass is 532 g/mol. The fourth-order valence-corrected chi connectivity index (χ4v) is 4.38. The van der Waals surface area contributed by atoms with E-state index < -0.39 is 0 Å². The average Bonchev–Trinajstić information content (AvgIpc) is 2.97. The molecule has 40 heavy (non-hydrogen) atoms. The van der Waals surface area contributed by atoms with Gasteiger partial charge in [0.25, 0.3) is 0 Å². The van der Waals surface area contributed by atoms with Gasteiger partial charge in [0.2, 0.25) is 0 Å². The van der Waals surface area contributed by atoms with Crippen molar-refractivity contribution >= 4 is 35.2 Å². The van der Waals surface area contributed by atoms with Crippen molar-refractivity contribution in [2.45, 2.75) is 13.8 Å². The van der Waals surface area contributed by atoms with Gasteiger partial charge in [0, 0.05) is 37.1 Å². The molecule has 0 bridgehead atoms. The SMILES string of the molecule is CC(=O)Oc1ccc2c(c1)OCC(c1ccccc1)=C2.CC(=O)Oc1ccc2c(c1)OCC(c1ccccc1)=C2. The van der Waals surface area contributed by atoms with Gasteiger partial charge in [-0.25, -0.2) is 0 Å². The highest BCUT2D eigenvalue weighted by Gasteiger charge is 2.15. The first kappa shape index (κ1) is 26.5. The lowest BCUT2D eigenvalue weighted by molar-refractivity contribution is -0.132. The zero-order valence-corrected chi connectivity index (χ0v) is 22.3. The van der Waals surface area contributed by atoms with E-state index in [2.05, 4.69) is 36.4 Å². The number of carbonyl (C=O) groups excluding carboxylic acids is 2. The number of esters is 2. The molecule has 0 fully saturated rings. The van der Waals surface area contributed by atoms with Crippen molar-refractivity contribution in [3.8, 4) is 23.0 Å². The van der Waals surface area contributed by atoms with E-state index >= 15 is 0 Å². The molecule has 0 amide bonds. The van der Waals surface area contributed by atoms with Crippen LogP contribution in [0.3, 0.4) is 0 Å². The van der Waals surface area contributed by atoms with E-state index in [4.69, 9.17) is 18.9 Å². The van der Waals surface area contributed by atoms with Gasteiger partial charge in [-0.1, -0.05) is 60.7 Å². The summed E-state index contributed by atoms with van der Waals surface area (Å²) in [6.45, 7) is 3.79. The minimum Gasteiger partial charge on any atom is -0.488 e. The van der Waals surface area contributed by atoms with Crippen molar-refractivity contribution < 1.29 is 28.5 Å². The second-order valence-corrected chi connectivity index (χ2v) is 9.24. The predicted octanol–water partition coefficient (Wildman–Crippen LogP) is 7.09. The maximum atomic E-state index is 10.9. The Bertz CT molecular complexity index is 1460. The Morgan fingerprint density at radius 1 is 0.575 bits per heavy atom. The molecule has 4 aromatic carbocycles. The topological polar surface area (TPSA) is 71.1 Å². The lowest BCUT2D eigenvalue weighted by Gasteiger charge is -2.18. The third-order valence-corrected chi connectivity index (χ3v) is 6.21. The van der Waals surface area contributed by atoms with E-state index in [1.165, 1.54) is 13.8 Å². The molecule has 0 spiro atoms. The van der Waals surface area contributed by atoms with Crippen LogP contribution in [-0.2, 0) is 9.59 Å². The molecule has 0 saturated heterocycles. The lowest BCUT2D eigenvalue weighted by Crippen LogP contribution is -2.07. The van der Waals surface area contributed by atoms with Gasteiger partial charge < -0.3 is 18.9 Å². The Kier molecular flexibility index (Phi) is 8.07. The molecular weight excluding hydrogens is 504 g/mol. The number of hydrogen-bond donors (Lipinski definition) is 0. The highest BCUT2D eigenvalue weighted by molar-refractivity contribution is 5.87. The molecule has 0 saturated carbocycles. The Labute approximate surface area is 233 Å². The quantitative estimate of drug-likeness (QED) is 0.206. The fourth-order valence-electron chi connectivity index (χ4n) is 4.38.